The second-order valence-corrected chi connectivity index (χ2v) is 6.36. The maximum Gasteiger partial charge on any atom is 0.137 e. The molecule has 3 unspecified atom stereocenters. The van der Waals surface area contributed by atoms with E-state index in [1.54, 1.807) is 7.11 Å². The first kappa shape index (κ1) is 14.7. The number of rotatable bonds is 4. The number of carbonyl (C=O) groups excluding carboxylic acids is 1. The second-order valence-electron chi connectivity index (χ2n) is 6.36. The lowest BCUT2D eigenvalue weighted by molar-refractivity contribution is -0.127. The number of nitrogens with two attached hydrogens (primary N) is 1. The fourth-order valence-corrected chi connectivity index (χ4v) is 2.71. The Morgan fingerprint density at radius 3 is 2.65 bits per heavy atom. The molecule has 0 aromatic carbocycles. The van der Waals surface area contributed by atoms with Crippen LogP contribution in [-0.2, 0) is 9.53 Å². The Balaban J connectivity index is 2.60. The van der Waals surface area contributed by atoms with E-state index in [4.69, 9.17) is 10.5 Å². The molecule has 3 heteroatoms. The zero-order valence-electron chi connectivity index (χ0n) is 11.7. The van der Waals surface area contributed by atoms with Gasteiger partial charge >= 0.3 is 0 Å². The van der Waals surface area contributed by atoms with Crippen molar-refractivity contribution in [2.45, 2.75) is 52.5 Å². The Kier molecular flexibility index (Phi) is 5.14. The standard InChI is InChI=1S/C14H27NO2/c1-14(2,3)10-5-6-13(16)11(9-10)12(15)7-8-17-4/h10-12H,5-9,15H2,1-4H3. The monoisotopic (exact) mass is 241 g/mol. The zero-order chi connectivity index (χ0) is 13.1. The number of Topliss-reactive ketones (excluding diaryl/α,β-unsaturated/α-hetero) is 1. The second kappa shape index (κ2) is 5.96. The van der Waals surface area contributed by atoms with Crippen LogP contribution in [0.25, 0.3) is 0 Å². The van der Waals surface area contributed by atoms with Gasteiger partial charge < -0.3 is 10.5 Å². The molecule has 3 atom stereocenters. The Hall–Kier alpha value is -0.410. The van der Waals surface area contributed by atoms with Crippen LogP contribution in [0.3, 0.4) is 0 Å². The smallest absolute Gasteiger partial charge is 0.137 e. The fourth-order valence-electron chi connectivity index (χ4n) is 2.71. The van der Waals surface area contributed by atoms with Crippen molar-refractivity contribution >= 4 is 5.78 Å². The van der Waals surface area contributed by atoms with Crippen LogP contribution in [0.5, 0.6) is 0 Å². The molecule has 0 aromatic rings. The Labute approximate surface area is 105 Å². The third-order valence-corrected chi connectivity index (χ3v) is 4.09. The van der Waals surface area contributed by atoms with Gasteiger partial charge in [-0.25, -0.2) is 0 Å². The highest BCUT2D eigenvalue weighted by Crippen LogP contribution is 2.39. The van der Waals surface area contributed by atoms with E-state index in [1.165, 1.54) is 0 Å². The van der Waals surface area contributed by atoms with Crippen LogP contribution in [0.2, 0.25) is 0 Å². The minimum absolute atomic E-state index is 0.0346. The molecule has 1 rings (SSSR count). The van der Waals surface area contributed by atoms with Crippen LogP contribution in [0.15, 0.2) is 0 Å². The molecule has 1 saturated carbocycles. The molecule has 1 aliphatic rings. The van der Waals surface area contributed by atoms with E-state index in [9.17, 15) is 4.79 Å². The van der Waals surface area contributed by atoms with Crippen LogP contribution in [-0.4, -0.2) is 25.5 Å². The predicted molar refractivity (Wildman–Crippen MR) is 69.8 cm³/mol. The molecule has 0 heterocycles. The van der Waals surface area contributed by atoms with Crippen molar-refractivity contribution in [1.82, 2.24) is 0 Å². The summed E-state index contributed by atoms with van der Waals surface area (Å²) in [6, 6.07) is -0.0346. The first-order valence-electron chi connectivity index (χ1n) is 6.63. The van der Waals surface area contributed by atoms with Crippen molar-refractivity contribution in [2.24, 2.45) is 23.0 Å². The lowest BCUT2D eigenvalue weighted by Gasteiger charge is -2.38. The summed E-state index contributed by atoms with van der Waals surface area (Å²) in [6.07, 6.45) is 3.46. The maximum absolute atomic E-state index is 12.0. The van der Waals surface area contributed by atoms with Gasteiger partial charge in [-0.05, 0) is 30.6 Å². The van der Waals surface area contributed by atoms with Crippen LogP contribution in [0.1, 0.15) is 46.5 Å². The summed E-state index contributed by atoms with van der Waals surface area (Å²) in [5.41, 5.74) is 6.41. The van der Waals surface area contributed by atoms with Gasteiger partial charge in [0.2, 0.25) is 0 Å². The van der Waals surface area contributed by atoms with E-state index >= 15 is 0 Å². The molecule has 0 radical (unpaired) electrons. The van der Waals surface area contributed by atoms with Crippen molar-refractivity contribution in [3.8, 4) is 0 Å². The molecule has 2 N–H and O–H groups in total. The van der Waals surface area contributed by atoms with E-state index < -0.39 is 0 Å². The van der Waals surface area contributed by atoms with Gasteiger partial charge in [-0.2, -0.15) is 0 Å². The van der Waals surface area contributed by atoms with Crippen LogP contribution in [0, 0.1) is 17.3 Å². The van der Waals surface area contributed by atoms with E-state index in [0.717, 1.165) is 19.3 Å². The summed E-state index contributed by atoms with van der Waals surface area (Å²) in [5, 5.41) is 0. The number of methoxy groups -OCH3 is 1. The number of hydrogen-bond acceptors (Lipinski definition) is 3. The molecule has 100 valence electrons. The van der Waals surface area contributed by atoms with Crippen molar-refractivity contribution in [3.05, 3.63) is 0 Å². The molecule has 0 saturated heterocycles. The van der Waals surface area contributed by atoms with Gasteiger partial charge in [-0.15, -0.1) is 0 Å². The Morgan fingerprint density at radius 2 is 2.12 bits per heavy atom. The summed E-state index contributed by atoms with van der Waals surface area (Å²) < 4.78 is 5.04. The number of ketones is 1. The van der Waals surface area contributed by atoms with Crippen molar-refractivity contribution < 1.29 is 9.53 Å². The third kappa shape index (κ3) is 4.07. The molecule has 0 bridgehead atoms. The first-order valence-corrected chi connectivity index (χ1v) is 6.63. The molecule has 0 aliphatic heterocycles. The Bertz CT molecular complexity index is 257. The van der Waals surface area contributed by atoms with Crippen LogP contribution < -0.4 is 5.73 Å². The molecular weight excluding hydrogens is 214 g/mol. The lowest BCUT2D eigenvalue weighted by Crippen LogP contribution is -2.42. The van der Waals surface area contributed by atoms with Gasteiger partial charge in [0.05, 0.1) is 0 Å². The first-order chi connectivity index (χ1) is 7.86. The summed E-state index contributed by atoms with van der Waals surface area (Å²) in [4.78, 5) is 12.0. The van der Waals surface area contributed by atoms with Gasteiger partial charge in [-0.3, -0.25) is 4.79 Å². The SMILES string of the molecule is COCCC(N)C1CC(C(C)(C)C)CCC1=O. The molecule has 3 nitrogen and oxygen atoms in total. The number of ether oxygens (including phenoxy) is 1. The fraction of sp³-hybridized carbons (Fsp3) is 0.929. The van der Waals surface area contributed by atoms with Gasteiger partial charge in [0.15, 0.2) is 0 Å². The maximum atomic E-state index is 12.0. The van der Waals surface area contributed by atoms with Crippen molar-refractivity contribution in [1.29, 1.82) is 0 Å². The van der Waals surface area contributed by atoms with Crippen LogP contribution in [0.4, 0.5) is 0 Å². The van der Waals surface area contributed by atoms with Gasteiger partial charge in [0.1, 0.15) is 5.78 Å². The molecule has 1 fully saturated rings. The highest BCUT2D eigenvalue weighted by atomic mass is 16.5. The summed E-state index contributed by atoms with van der Waals surface area (Å²) >= 11 is 0. The van der Waals surface area contributed by atoms with E-state index in [-0.39, 0.29) is 17.4 Å². The molecule has 0 amide bonds. The average Bonchev–Trinajstić information content (AvgIpc) is 2.24. The minimum Gasteiger partial charge on any atom is -0.385 e. The molecular formula is C14H27NO2. The normalized spacial score (nSPS) is 28.2. The average molecular weight is 241 g/mol. The van der Waals surface area contributed by atoms with Gasteiger partial charge in [0.25, 0.3) is 0 Å². The third-order valence-electron chi connectivity index (χ3n) is 4.09. The highest BCUT2D eigenvalue weighted by Gasteiger charge is 2.37. The summed E-state index contributed by atoms with van der Waals surface area (Å²) in [6.45, 7) is 7.41. The molecule has 0 aromatic heterocycles. The lowest BCUT2D eigenvalue weighted by atomic mass is 9.67. The van der Waals surface area contributed by atoms with Gasteiger partial charge in [0, 0.05) is 32.1 Å². The van der Waals surface area contributed by atoms with Crippen molar-refractivity contribution in [2.75, 3.05) is 13.7 Å². The molecule has 0 spiro atoms. The van der Waals surface area contributed by atoms with E-state index in [2.05, 4.69) is 20.8 Å². The predicted octanol–water partition coefficient (Wildman–Crippen LogP) is 2.38. The number of carbonyl (C=O) groups is 1. The zero-order valence-corrected chi connectivity index (χ0v) is 11.7. The Morgan fingerprint density at radius 1 is 1.47 bits per heavy atom. The quantitative estimate of drug-likeness (QED) is 0.822. The van der Waals surface area contributed by atoms with Crippen molar-refractivity contribution in [3.63, 3.8) is 0 Å². The topological polar surface area (TPSA) is 52.3 Å². The van der Waals surface area contributed by atoms with E-state index in [1.807, 2.05) is 0 Å². The number of hydrogen-bond donors (Lipinski definition) is 1. The highest BCUT2D eigenvalue weighted by molar-refractivity contribution is 5.82. The largest absolute Gasteiger partial charge is 0.385 e. The minimum atomic E-state index is -0.0346. The molecule has 1 aliphatic carbocycles. The van der Waals surface area contributed by atoms with Gasteiger partial charge in [-0.1, -0.05) is 20.8 Å². The summed E-state index contributed by atoms with van der Waals surface area (Å²) in [5.74, 6) is 1.01. The van der Waals surface area contributed by atoms with Crippen LogP contribution >= 0.6 is 0 Å². The molecule has 17 heavy (non-hydrogen) atoms. The summed E-state index contributed by atoms with van der Waals surface area (Å²) in [7, 11) is 1.67. The van der Waals surface area contributed by atoms with E-state index in [0.29, 0.717) is 24.7 Å².